The van der Waals surface area contributed by atoms with Crippen molar-refractivity contribution in [2.75, 3.05) is 0 Å². The molecule has 0 bridgehead atoms. The summed E-state index contributed by atoms with van der Waals surface area (Å²) in [5, 5.41) is 22.8. The lowest BCUT2D eigenvalue weighted by Gasteiger charge is -2.05. The van der Waals surface area contributed by atoms with Gasteiger partial charge in [0.05, 0.1) is 12.7 Å². The van der Waals surface area contributed by atoms with Crippen LogP contribution < -0.4 is 0 Å². The molecule has 1 aromatic carbocycles. The number of aromatic nitrogens is 2. The van der Waals surface area contributed by atoms with Gasteiger partial charge in [-0.25, -0.2) is 4.68 Å². The Hall–Kier alpha value is -1.49. The van der Waals surface area contributed by atoms with Crippen LogP contribution in [-0.2, 0) is 6.54 Å². The Kier molecular flexibility index (Phi) is 2.64. The fourth-order valence-electron chi connectivity index (χ4n) is 1.28. The van der Waals surface area contributed by atoms with Crippen molar-refractivity contribution in [3.63, 3.8) is 0 Å². The van der Waals surface area contributed by atoms with E-state index in [4.69, 9.17) is 0 Å². The zero-order chi connectivity index (χ0) is 10.8. The van der Waals surface area contributed by atoms with E-state index in [2.05, 4.69) is 21.0 Å². The van der Waals surface area contributed by atoms with E-state index in [1.807, 2.05) is 6.07 Å². The molecule has 0 saturated carbocycles. The Morgan fingerprint density at radius 1 is 1.20 bits per heavy atom. The standard InChI is InChI=1S/C10H9BrN2O2/c11-10-9(15)5-12-13(10)6-7-3-1-2-4-8(7)14/h1-5,14-15H,6H2. The molecule has 0 saturated heterocycles. The zero-order valence-corrected chi connectivity index (χ0v) is 9.35. The van der Waals surface area contributed by atoms with Crippen LogP contribution in [0.25, 0.3) is 0 Å². The molecule has 1 aromatic heterocycles. The molecule has 0 aliphatic rings. The van der Waals surface area contributed by atoms with Crippen molar-refractivity contribution in [2.24, 2.45) is 0 Å². The number of para-hydroxylation sites is 1. The molecule has 5 heteroatoms. The third-order valence-corrected chi connectivity index (χ3v) is 2.88. The number of rotatable bonds is 2. The van der Waals surface area contributed by atoms with Crippen molar-refractivity contribution in [2.45, 2.75) is 6.54 Å². The zero-order valence-electron chi connectivity index (χ0n) is 7.76. The van der Waals surface area contributed by atoms with Crippen LogP contribution in [0, 0.1) is 0 Å². The number of phenolic OH excluding ortho intramolecular Hbond substituents is 1. The molecule has 0 spiro atoms. The smallest absolute Gasteiger partial charge is 0.168 e. The van der Waals surface area contributed by atoms with E-state index in [-0.39, 0.29) is 11.5 Å². The second-order valence-corrected chi connectivity index (χ2v) is 3.86. The van der Waals surface area contributed by atoms with E-state index in [0.29, 0.717) is 11.1 Å². The first-order chi connectivity index (χ1) is 7.18. The number of aromatic hydroxyl groups is 2. The van der Waals surface area contributed by atoms with E-state index >= 15 is 0 Å². The minimum Gasteiger partial charge on any atom is -0.508 e. The van der Waals surface area contributed by atoms with E-state index in [0.717, 1.165) is 5.56 Å². The molecule has 0 aliphatic carbocycles. The van der Waals surface area contributed by atoms with Gasteiger partial charge < -0.3 is 10.2 Å². The molecule has 0 aliphatic heterocycles. The first-order valence-electron chi connectivity index (χ1n) is 4.35. The van der Waals surface area contributed by atoms with Crippen LogP contribution in [0.5, 0.6) is 11.5 Å². The van der Waals surface area contributed by atoms with E-state index in [1.165, 1.54) is 6.20 Å². The van der Waals surface area contributed by atoms with Crippen LogP contribution >= 0.6 is 15.9 Å². The minimum absolute atomic E-state index is 0.0884. The summed E-state index contributed by atoms with van der Waals surface area (Å²) >= 11 is 3.20. The predicted molar refractivity (Wildman–Crippen MR) is 58.8 cm³/mol. The van der Waals surface area contributed by atoms with Gasteiger partial charge in [-0.2, -0.15) is 5.10 Å². The number of nitrogens with zero attached hydrogens (tertiary/aromatic N) is 2. The first-order valence-corrected chi connectivity index (χ1v) is 5.15. The van der Waals surface area contributed by atoms with Crippen LogP contribution in [0.2, 0.25) is 0 Å². The molecule has 0 amide bonds. The van der Waals surface area contributed by atoms with Crippen molar-refractivity contribution in [3.8, 4) is 11.5 Å². The molecule has 0 radical (unpaired) electrons. The Bertz CT molecular complexity index is 482. The summed E-state index contributed by atoms with van der Waals surface area (Å²) in [7, 11) is 0. The van der Waals surface area contributed by atoms with Gasteiger partial charge in [0.1, 0.15) is 10.4 Å². The lowest BCUT2D eigenvalue weighted by Crippen LogP contribution is -2.01. The molecule has 15 heavy (non-hydrogen) atoms. The van der Waals surface area contributed by atoms with Gasteiger partial charge >= 0.3 is 0 Å². The SMILES string of the molecule is Oc1ccccc1Cn1ncc(O)c1Br. The molecular weight excluding hydrogens is 260 g/mol. The third-order valence-electron chi connectivity index (χ3n) is 2.07. The molecule has 2 aromatic rings. The molecular formula is C10H9BrN2O2. The summed E-state index contributed by atoms with van der Waals surface area (Å²) in [5.41, 5.74) is 0.751. The maximum absolute atomic E-state index is 9.55. The molecule has 78 valence electrons. The topological polar surface area (TPSA) is 58.3 Å². The highest BCUT2D eigenvalue weighted by molar-refractivity contribution is 9.10. The van der Waals surface area contributed by atoms with E-state index < -0.39 is 0 Å². The summed E-state index contributed by atoms with van der Waals surface area (Å²) < 4.78 is 2.07. The maximum atomic E-state index is 9.55. The number of hydrogen-bond acceptors (Lipinski definition) is 3. The highest BCUT2D eigenvalue weighted by Crippen LogP contribution is 2.25. The normalized spacial score (nSPS) is 10.5. The Labute approximate surface area is 94.9 Å². The average Bonchev–Trinajstić information content (AvgIpc) is 2.53. The summed E-state index contributed by atoms with van der Waals surface area (Å²) in [6, 6.07) is 7.02. The molecule has 0 unspecified atom stereocenters. The van der Waals surface area contributed by atoms with Crippen molar-refractivity contribution < 1.29 is 10.2 Å². The second kappa shape index (κ2) is 3.94. The fourth-order valence-corrected chi connectivity index (χ4v) is 1.60. The summed E-state index contributed by atoms with van der Waals surface area (Å²) in [5.74, 6) is 0.310. The monoisotopic (exact) mass is 268 g/mol. The van der Waals surface area contributed by atoms with Crippen LogP contribution in [0.1, 0.15) is 5.56 Å². The van der Waals surface area contributed by atoms with Gasteiger partial charge in [-0.15, -0.1) is 0 Å². The van der Waals surface area contributed by atoms with Crippen molar-refractivity contribution in [1.29, 1.82) is 0 Å². The molecule has 4 nitrogen and oxygen atoms in total. The molecule has 0 fully saturated rings. The number of phenols is 1. The van der Waals surface area contributed by atoms with Crippen LogP contribution in [0.4, 0.5) is 0 Å². The van der Waals surface area contributed by atoms with Crippen molar-refractivity contribution in [3.05, 3.63) is 40.6 Å². The highest BCUT2D eigenvalue weighted by atomic mass is 79.9. The summed E-state index contributed by atoms with van der Waals surface area (Å²) in [6.45, 7) is 0.411. The summed E-state index contributed by atoms with van der Waals surface area (Å²) in [4.78, 5) is 0. The van der Waals surface area contributed by atoms with Crippen molar-refractivity contribution in [1.82, 2.24) is 9.78 Å². The Morgan fingerprint density at radius 3 is 2.53 bits per heavy atom. The van der Waals surface area contributed by atoms with Gasteiger partial charge in [0.2, 0.25) is 0 Å². The van der Waals surface area contributed by atoms with Gasteiger partial charge in [0.25, 0.3) is 0 Å². The van der Waals surface area contributed by atoms with Gasteiger partial charge in [0.15, 0.2) is 5.75 Å². The number of halogens is 1. The Morgan fingerprint density at radius 2 is 1.93 bits per heavy atom. The van der Waals surface area contributed by atoms with Gasteiger partial charge in [0, 0.05) is 5.56 Å². The quantitative estimate of drug-likeness (QED) is 0.877. The Balaban J connectivity index is 2.30. The molecule has 2 N–H and O–H groups in total. The third kappa shape index (κ3) is 1.97. The average molecular weight is 269 g/mol. The van der Waals surface area contributed by atoms with Gasteiger partial charge in [-0.1, -0.05) is 18.2 Å². The summed E-state index contributed by atoms with van der Waals surface area (Å²) in [6.07, 6.45) is 1.35. The maximum Gasteiger partial charge on any atom is 0.168 e. The first kappa shape index (κ1) is 10.0. The van der Waals surface area contributed by atoms with E-state index in [1.54, 1.807) is 22.9 Å². The molecule has 0 atom stereocenters. The lowest BCUT2D eigenvalue weighted by atomic mass is 10.2. The highest BCUT2D eigenvalue weighted by Gasteiger charge is 2.08. The van der Waals surface area contributed by atoms with Crippen molar-refractivity contribution >= 4 is 15.9 Å². The van der Waals surface area contributed by atoms with Crippen LogP contribution in [-0.4, -0.2) is 20.0 Å². The fraction of sp³-hybridized carbons (Fsp3) is 0.100. The van der Waals surface area contributed by atoms with Gasteiger partial charge in [-0.05, 0) is 22.0 Å². The second-order valence-electron chi connectivity index (χ2n) is 3.11. The molecule has 1 heterocycles. The lowest BCUT2D eigenvalue weighted by molar-refractivity contribution is 0.460. The largest absolute Gasteiger partial charge is 0.508 e. The minimum atomic E-state index is 0.0884. The predicted octanol–water partition coefficient (Wildman–Crippen LogP) is 2.11. The van der Waals surface area contributed by atoms with Crippen LogP contribution in [0.3, 0.4) is 0 Å². The molecule has 2 rings (SSSR count). The van der Waals surface area contributed by atoms with Gasteiger partial charge in [-0.3, -0.25) is 0 Å². The number of hydrogen-bond donors (Lipinski definition) is 2. The number of benzene rings is 1. The van der Waals surface area contributed by atoms with Crippen LogP contribution in [0.15, 0.2) is 35.1 Å². The van der Waals surface area contributed by atoms with E-state index in [9.17, 15) is 10.2 Å².